The SMILES string of the molecule is COc1ccc(OCCCC(=O)N(Cc2ccccc2C)C(C)C(=O)NC(C)C)cc1. The number of hydrogen-bond acceptors (Lipinski definition) is 4. The number of hydrogen-bond donors (Lipinski definition) is 1. The molecule has 1 atom stereocenters. The molecule has 2 aromatic rings. The first-order valence-electron chi connectivity index (χ1n) is 10.7. The van der Waals surface area contributed by atoms with Crippen LogP contribution in [0.15, 0.2) is 48.5 Å². The van der Waals surface area contributed by atoms with Crippen molar-refractivity contribution >= 4 is 11.8 Å². The van der Waals surface area contributed by atoms with Gasteiger partial charge in [0.2, 0.25) is 11.8 Å². The van der Waals surface area contributed by atoms with E-state index >= 15 is 0 Å². The van der Waals surface area contributed by atoms with E-state index in [4.69, 9.17) is 9.47 Å². The summed E-state index contributed by atoms with van der Waals surface area (Å²) in [5.41, 5.74) is 2.13. The fourth-order valence-electron chi connectivity index (χ4n) is 3.19. The van der Waals surface area contributed by atoms with Crippen LogP contribution in [-0.2, 0) is 16.1 Å². The fraction of sp³-hybridized carbons (Fsp3) is 0.440. The fourth-order valence-corrected chi connectivity index (χ4v) is 3.19. The Labute approximate surface area is 185 Å². The zero-order chi connectivity index (χ0) is 22.8. The molecule has 0 saturated heterocycles. The van der Waals surface area contributed by atoms with Gasteiger partial charge in [0.15, 0.2) is 0 Å². The number of ether oxygens (including phenoxy) is 2. The molecule has 2 rings (SSSR count). The molecular weight excluding hydrogens is 392 g/mol. The van der Waals surface area contributed by atoms with Crippen LogP contribution in [0.5, 0.6) is 11.5 Å². The van der Waals surface area contributed by atoms with Crippen LogP contribution in [0.25, 0.3) is 0 Å². The minimum Gasteiger partial charge on any atom is -0.497 e. The largest absolute Gasteiger partial charge is 0.497 e. The Balaban J connectivity index is 1.99. The molecule has 1 N–H and O–H groups in total. The average molecular weight is 427 g/mol. The summed E-state index contributed by atoms with van der Waals surface area (Å²) < 4.78 is 10.9. The summed E-state index contributed by atoms with van der Waals surface area (Å²) in [6.45, 7) is 8.44. The molecule has 0 bridgehead atoms. The van der Waals surface area contributed by atoms with E-state index < -0.39 is 6.04 Å². The van der Waals surface area contributed by atoms with Gasteiger partial charge in [-0.05, 0) is 69.5 Å². The van der Waals surface area contributed by atoms with Gasteiger partial charge in [-0.1, -0.05) is 24.3 Å². The van der Waals surface area contributed by atoms with Crippen LogP contribution in [0.3, 0.4) is 0 Å². The van der Waals surface area contributed by atoms with Gasteiger partial charge in [-0.3, -0.25) is 9.59 Å². The van der Waals surface area contributed by atoms with Crippen molar-refractivity contribution in [1.29, 1.82) is 0 Å². The number of nitrogens with one attached hydrogen (secondary N) is 1. The molecule has 0 spiro atoms. The maximum Gasteiger partial charge on any atom is 0.242 e. The van der Waals surface area contributed by atoms with Gasteiger partial charge in [0.1, 0.15) is 17.5 Å². The molecule has 2 amide bonds. The number of methoxy groups -OCH3 is 1. The molecule has 1 unspecified atom stereocenters. The van der Waals surface area contributed by atoms with Crippen LogP contribution in [0.1, 0.15) is 44.7 Å². The lowest BCUT2D eigenvalue weighted by Crippen LogP contribution is -2.49. The summed E-state index contributed by atoms with van der Waals surface area (Å²) in [6.07, 6.45) is 0.870. The van der Waals surface area contributed by atoms with Gasteiger partial charge >= 0.3 is 0 Å². The van der Waals surface area contributed by atoms with Gasteiger partial charge in [-0.15, -0.1) is 0 Å². The molecule has 0 aromatic heterocycles. The minimum absolute atomic E-state index is 0.0169. The Morgan fingerprint density at radius 2 is 1.65 bits per heavy atom. The van der Waals surface area contributed by atoms with Gasteiger partial charge in [0.25, 0.3) is 0 Å². The summed E-state index contributed by atoms with van der Waals surface area (Å²) >= 11 is 0. The molecule has 6 nitrogen and oxygen atoms in total. The maximum atomic E-state index is 13.1. The van der Waals surface area contributed by atoms with Crippen molar-refractivity contribution in [2.75, 3.05) is 13.7 Å². The Kier molecular flexibility index (Phi) is 9.38. The van der Waals surface area contributed by atoms with E-state index in [1.165, 1.54) is 0 Å². The van der Waals surface area contributed by atoms with Crippen LogP contribution in [0, 0.1) is 6.92 Å². The normalized spacial score (nSPS) is 11.7. The third kappa shape index (κ3) is 7.63. The van der Waals surface area contributed by atoms with E-state index in [0.717, 1.165) is 22.6 Å². The number of carbonyl (C=O) groups excluding carboxylic acids is 2. The number of carbonyl (C=O) groups is 2. The number of nitrogens with zero attached hydrogens (tertiary/aromatic N) is 1. The molecule has 2 aromatic carbocycles. The summed E-state index contributed by atoms with van der Waals surface area (Å²) in [5.74, 6) is 1.29. The van der Waals surface area contributed by atoms with Crippen molar-refractivity contribution in [3.63, 3.8) is 0 Å². The molecule has 0 heterocycles. The lowest BCUT2D eigenvalue weighted by atomic mass is 10.1. The van der Waals surface area contributed by atoms with Gasteiger partial charge in [-0.2, -0.15) is 0 Å². The standard InChI is InChI=1S/C25H34N2O4/c1-18(2)26-25(29)20(4)27(17-21-10-7-6-9-19(21)3)24(28)11-8-16-31-23-14-12-22(30-5)13-15-23/h6-7,9-10,12-15,18,20H,8,11,16-17H2,1-5H3,(H,26,29). The molecule has 31 heavy (non-hydrogen) atoms. The quantitative estimate of drug-likeness (QED) is 0.549. The Hall–Kier alpha value is -3.02. The van der Waals surface area contributed by atoms with Crippen LogP contribution < -0.4 is 14.8 Å². The average Bonchev–Trinajstić information content (AvgIpc) is 2.75. The smallest absolute Gasteiger partial charge is 0.242 e. The van der Waals surface area contributed by atoms with E-state index in [2.05, 4.69) is 5.32 Å². The number of benzene rings is 2. The topological polar surface area (TPSA) is 67.9 Å². The Morgan fingerprint density at radius 3 is 2.26 bits per heavy atom. The van der Waals surface area contributed by atoms with E-state index in [-0.39, 0.29) is 17.9 Å². The van der Waals surface area contributed by atoms with Crippen LogP contribution in [0.4, 0.5) is 0 Å². The van der Waals surface area contributed by atoms with Crippen LogP contribution in [0.2, 0.25) is 0 Å². The van der Waals surface area contributed by atoms with Crippen LogP contribution in [-0.4, -0.2) is 42.5 Å². The van der Waals surface area contributed by atoms with E-state index in [1.807, 2.05) is 69.3 Å². The van der Waals surface area contributed by atoms with E-state index in [1.54, 1.807) is 18.9 Å². The molecule has 0 aliphatic rings. The number of amides is 2. The predicted octanol–water partition coefficient (Wildman–Crippen LogP) is 4.10. The van der Waals surface area contributed by atoms with E-state index in [0.29, 0.717) is 26.0 Å². The highest BCUT2D eigenvalue weighted by atomic mass is 16.5. The number of rotatable bonds is 11. The zero-order valence-corrected chi connectivity index (χ0v) is 19.2. The zero-order valence-electron chi connectivity index (χ0n) is 19.2. The minimum atomic E-state index is -0.558. The predicted molar refractivity (Wildman–Crippen MR) is 122 cm³/mol. The maximum absolute atomic E-state index is 13.1. The van der Waals surface area contributed by atoms with Crippen LogP contribution >= 0.6 is 0 Å². The second-order valence-corrected chi connectivity index (χ2v) is 7.91. The Morgan fingerprint density at radius 1 is 1.00 bits per heavy atom. The van der Waals surface area contributed by atoms with Crippen molar-refractivity contribution in [3.8, 4) is 11.5 Å². The summed E-state index contributed by atoms with van der Waals surface area (Å²) in [5, 5.41) is 2.91. The molecule has 0 aliphatic carbocycles. The highest BCUT2D eigenvalue weighted by Gasteiger charge is 2.26. The van der Waals surface area contributed by atoms with Crippen molar-refractivity contribution in [1.82, 2.24) is 10.2 Å². The third-order valence-electron chi connectivity index (χ3n) is 5.06. The Bertz CT molecular complexity index is 849. The van der Waals surface area contributed by atoms with Gasteiger partial charge in [0.05, 0.1) is 13.7 Å². The highest BCUT2D eigenvalue weighted by Crippen LogP contribution is 2.18. The van der Waals surface area contributed by atoms with Crippen molar-refractivity contribution in [3.05, 3.63) is 59.7 Å². The van der Waals surface area contributed by atoms with Crippen molar-refractivity contribution in [2.24, 2.45) is 0 Å². The monoisotopic (exact) mass is 426 g/mol. The molecular formula is C25H34N2O4. The summed E-state index contributed by atoms with van der Waals surface area (Å²) in [6, 6.07) is 14.7. The van der Waals surface area contributed by atoms with E-state index in [9.17, 15) is 9.59 Å². The molecule has 168 valence electrons. The van der Waals surface area contributed by atoms with Gasteiger partial charge in [0, 0.05) is 19.0 Å². The second kappa shape index (κ2) is 12.0. The molecule has 0 aliphatic heterocycles. The molecule has 0 radical (unpaired) electrons. The first-order valence-corrected chi connectivity index (χ1v) is 10.7. The lowest BCUT2D eigenvalue weighted by Gasteiger charge is -2.30. The first-order chi connectivity index (χ1) is 14.8. The van der Waals surface area contributed by atoms with Gasteiger partial charge in [-0.25, -0.2) is 0 Å². The first kappa shape index (κ1) is 24.3. The van der Waals surface area contributed by atoms with Gasteiger partial charge < -0.3 is 19.7 Å². The third-order valence-corrected chi connectivity index (χ3v) is 5.06. The van der Waals surface area contributed by atoms with Crippen molar-refractivity contribution in [2.45, 2.75) is 59.2 Å². The number of aryl methyl sites for hydroxylation is 1. The summed E-state index contributed by atoms with van der Waals surface area (Å²) in [4.78, 5) is 27.3. The second-order valence-electron chi connectivity index (χ2n) is 7.91. The molecule has 0 fully saturated rings. The van der Waals surface area contributed by atoms with Crippen molar-refractivity contribution < 1.29 is 19.1 Å². The molecule has 6 heteroatoms. The summed E-state index contributed by atoms with van der Waals surface area (Å²) in [7, 11) is 1.62. The molecule has 0 saturated carbocycles. The lowest BCUT2D eigenvalue weighted by molar-refractivity contribution is -0.141. The highest BCUT2D eigenvalue weighted by molar-refractivity contribution is 5.87.